The maximum atomic E-state index is 12.7. The van der Waals surface area contributed by atoms with Crippen molar-refractivity contribution in [2.75, 3.05) is 17.7 Å². The highest BCUT2D eigenvalue weighted by atomic mass is 16.5. The second-order valence-electron chi connectivity index (χ2n) is 5.94. The molecule has 0 spiro atoms. The molecular weight excluding hydrogens is 340 g/mol. The minimum atomic E-state index is -0.307. The standard InChI is InChI=1S/C22H20N2O3/c1-27-18-11-7-10-17(15-18)23-22(26)19-12-5-6-13-20(19)24-21(25)14-16-8-3-2-4-9-16/h2-13,15H,14H2,1H3,(H,23,26)(H,24,25). The van der Waals surface area contributed by atoms with Gasteiger partial charge in [0, 0.05) is 11.8 Å². The maximum Gasteiger partial charge on any atom is 0.257 e. The van der Waals surface area contributed by atoms with E-state index in [0.29, 0.717) is 22.7 Å². The number of amides is 2. The summed E-state index contributed by atoms with van der Waals surface area (Å²) in [7, 11) is 1.57. The predicted molar refractivity (Wildman–Crippen MR) is 106 cm³/mol. The Balaban J connectivity index is 1.73. The van der Waals surface area contributed by atoms with Crippen LogP contribution in [0.5, 0.6) is 5.75 Å². The van der Waals surface area contributed by atoms with E-state index in [2.05, 4.69) is 10.6 Å². The van der Waals surface area contributed by atoms with Crippen LogP contribution in [0.15, 0.2) is 78.9 Å². The van der Waals surface area contributed by atoms with Crippen molar-refractivity contribution in [3.63, 3.8) is 0 Å². The zero-order valence-electron chi connectivity index (χ0n) is 14.9. The maximum absolute atomic E-state index is 12.7. The Morgan fingerprint density at radius 2 is 1.59 bits per heavy atom. The van der Waals surface area contributed by atoms with E-state index in [-0.39, 0.29) is 18.2 Å². The Labute approximate surface area is 158 Å². The molecule has 27 heavy (non-hydrogen) atoms. The van der Waals surface area contributed by atoms with Gasteiger partial charge in [0.25, 0.3) is 5.91 Å². The number of hydrogen-bond acceptors (Lipinski definition) is 3. The Hall–Kier alpha value is -3.60. The molecule has 2 N–H and O–H groups in total. The summed E-state index contributed by atoms with van der Waals surface area (Å²) >= 11 is 0. The fourth-order valence-corrected chi connectivity index (χ4v) is 2.67. The molecule has 136 valence electrons. The number of anilines is 2. The smallest absolute Gasteiger partial charge is 0.257 e. The van der Waals surface area contributed by atoms with E-state index >= 15 is 0 Å². The summed E-state index contributed by atoms with van der Waals surface area (Å²) in [6.07, 6.45) is 0.243. The number of para-hydroxylation sites is 1. The minimum absolute atomic E-state index is 0.178. The molecule has 3 rings (SSSR count). The second kappa shape index (κ2) is 8.67. The molecule has 0 radical (unpaired) electrons. The lowest BCUT2D eigenvalue weighted by atomic mass is 10.1. The van der Waals surface area contributed by atoms with Crippen molar-refractivity contribution in [1.29, 1.82) is 0 Å². The Morgan fingerprint density at radius 3 is 2.37 bits per heavy atom. The third kappa shape index (κ3) is 4.95. The average molecular weight is 360 g/mol. The van der Waals surface area contributed by atoms with Gasteiger partial charge in [-0.3, -0.25) is 9.59 Å². The molecule has 5 nitrogen and oxygen atoms in total. The summed E-state index contributed by atoms with van der Waals surface area (Å²) in [5.74, 6) is 0.166. The van der Waals surface area contributed by atoms with Gasteiger partial charge in [-0.2, -0.15) is 0 Å². The van der Waals surface area contributed by atoms with Gasteiger partial charge in [-0.05, 0) is 29.8 Å². The van der Waals surface area contributed by atoms with Crippen molar-refractivity contribution in [3.05, 3.63) is 90.0 Å². The summed E-state index contributed by atoms with van der Waals surface area (Å²) < 4.78 is 5.17. The highest BCUT2D eigenvalue weighted by molar-refractivity contribution is 6.10. The molecule has 0 aliphatic heterocycles. The van der Waals surface area contributed by atoms with Gasteiger partial charge >= 0.3 is 0 Å². The quantitative estimate of drug-likeness (QED) is 0.695. The van der Waals surface area contributed by atoms with E-state index in [1.54, 1.807) is 55.6 Å². The lowest BCUT2D eigenvalue weighted by Crippen LogP contribution is -2.19. The molecule has 0 heterocycles. The van der Waals surface area contributed by atoms with Gasteiger partial charge in [-0.15, -0.1) is 0 Å². The largest absolute Gasteiger partial charge is 0.497 e. The van der Waals surface area contributed by atoms with E-state index in [0.717, 1.165) is 5.56 Å². The average Bonchev–Trinajstić information content (AvgIpc) is 2.69. The number of carbonyl (C=O) groups is 2. The van der Waals surface area contributed by atoms with E-state index in [1.807, 2.05) is 30.3 Å². The number of rotatable bonds is 6. The van der Waals surface area contributed by atoms with Crippen LogP contribution in [0, 0.1) is 0 Å². The normalized spacial score (nSPS) is 10.1. The van der Waals surface area contributed by atoms with Gasteiger partial charge < -0.3 is 15.4 Å². The molecule has 0 atom stereocenters. The lowest BCUT2D eigenvalue weighted by molar-refractivity contribution is -0.115. The van der Waals surface area contributed by atoms with E-state index in [4.69, 9.17) is 4.74 Å². The van der Waals surface area contributed by atoms with Gasteiger partial charge in [0.2, 0.25) is 5.91 Å². The first kappa shape index (κ1) is 18.2. The van der Waals surface area contributed by atoms with Crippen LogP contribution in [0.4, 0.5) is 11.4 Å². The number of carbonyl (C=O) groups excluding carboxylic acids is 2. The van der Waals surface area contributed by atoms with Crippen molar-refractivity contribution < 1.29 is 14.3 Å². The topological polar surface area (TPSA) is 67.4 Å². The molecule has 0 unspecified atom stereocenters. The molecule has 0 saturated heterocycles. The highest BCUT2D eigenvalue weighted by Gasteiger charge is 2.14. The molecule has 5 heteroatoms. The first-order valence-corrected chi connectivity index (χ1v) is 8.54. The monoisotopic (exact) mass is 360 g/mol. The van der Waals surface area contributed by atoms with Crippen LogP contribution in [0.1, 0.15) is 15.9 Å². The fourth-order valence-electron chi connectivity index (χ4n) is 2.67. The van der Waals surface area contributed by atoms with Crippen LogP contribution in [0.25, 0.3) is 0 Å². The number of nitrogens with one attached hydrogen (secondary N) is 2. The van der Waals surface area contributed by atoms with Crippen molar-refractivity contribution in [2.24, 2.45) is 0 Å². The third-order valence-electron chi connectivity index (χ3n) is 3.98. The number of ether oxygens (including phenoxy) is 1. The van der Waals surface area contributed by atoms with Crippen LogP contribution in [-0.4, -0.2) is 18.9 Å². The minimum Gasteiger partial charge on any atom is -0.497 e. The molecule has 2 amide bonds. The SMILES string of the molecule is COc1cccc(NC(=O)c2ccccc2NC(=O)Cc2ccccc2)c1. The summed E-state index contributed by atoms with van der Waals surface area (Å²) in [5, 5.41) is 5.65. The number of hydrogen-bond donors (Lipinski definition) is 2. The van der Waals surface area contributed by atoms with Crippen LogP contribution >= 0.6 is 0 Å². The first-order valence-electron chi connectivity index (χ1n) is 8.54. The summed E-state index contributed by atoms with van der Waals surface area (Å²) in [4.78, 5) is 25.0. The molecule has 0 aromatic heterocycles. The van der Waals surface area contributed by atoms with Crippen molar-refractivity contribution >= 4 is 23.2 Å². The highest BCUT2D eigenvalue weighted by Crippen LogP contribution is 2.20. The van der Waals surface area contributed by atoms with Gasteiger partial charge in [0.1, 0.15) is 5.75 Å². The summed E-state index contributed by atoms with van der Waals surface area (Å²) in [5.41, 5.74) is 2.39. The second-order valence-corrected chi connectivity index (χ2v) is 5.94. The van der Waals surface area contributed by atoms with Gasteiger partial charge in [-0.1, -0.05) is 48.5 Å². The Kier molecular flexibility index (Phi) is 5.84. The van der Waals surface area contributed by atoms with Crippen molar-refractivity contribution in [3.8, 4) is 5.75 Å². The molecule has 0 bridgehead atoms. The van der Waals surface area contributed by atoms with Gasteiger partial charge in [-0.25, -0.2) is 0 Å². The lowest BCUT2D eigenvalue weighted by Gasteiger charge is -2.12. The molecule has 0 fully saturated rings. The van der Waals surface area contributed by atoms with Gasteiger partial charge in [0.15, 0.2) is 0 Å². The van der Waals surface area contributed by atoms with Gasteiger partial charge in [0.05, 0.1) is 24.8 Å². The Morgan fingerprint density at radius 1 is 0.852 bits per heavy atom. The zero-order chi connectivity index (χ0) is 19.1. The van der Waals surface area contributed by atoms with E-state index in [1.165, 1.54) is 0 Å². The zero-order valence-corrected chi connectivity index (χ0v) is 14.9. The summed E-state index contributed by atoms with van der Waals surface area (Å²) in [6, 6.07) is 23.5. The number of benzene rings is 3. The molecular formula is C22H20N2O3. The van der Waals surface area contributed by atoms with Crippen molar-refractivity contribution in [2.45, 2.75) is 6.42 Å². The van der Waals surface area contributed by atoms with Crippen LogP contribution in [-0.2, 0) is 11.2 Å². The van der Waals surface area contributed by atoms with Crippen LogP contribution < -0.4 is 15.4 Å². The molecule has 3 aromatic rings. The van der Waals surface area contributed by atoms with Crippen LogP contribution in [0.3, 0.4) is 0 Å². The Bertz CT molecular complexity index is 939. The summed E-state index contributed by atoms with van der Waals surface area (Å²) in [6.45, 7) is 0. The molecule has 0 saturated carbocycles. The van der Waals surface area contributed by atoms with Crippen molar-refractivity contribution in [1.82, 2.24) is 0 Å². The molecule has 0 aliphatic rings. The first-order chi connectivity index (χ1) is 13.2. The predicted octanol–water partition coefficient (Wildman–Crippen LogP) is 4.13. The molecule has 0 aliphatic carbocycles. The fraction of sp³-hybridized carbons (Fsp3) is 0.0909. The third-order valence-corrected chi connectivity index (χ3v) is 3.98. The molecule has 3 aromatic carbocycles. The van der Waals surface area contributed by atoms with E-state index < -0.39 is 0 Å². The number of methoxy groups -OCH3 is 1. The van der Waals surface area contributed by atoms with E-state index in [9.17, 15) is 9.59 Å². The van der Waals surface area contributed by atoms with Crippen LogP contribution in [0.2, 0.25) is 0 Å².